The van der Waals surface area contributed by atoms with Crippen molar-refractivity contribution in [1.82, 2.24) is 9.03 Å². The van der Waals surface area contributed by atoms with Crippen molar-refractivity contribution in [3.05, 3.63) is 70.3 Å². The topological polar surface area (TPSA) is 125 Å². The Morgan fingerprint density at radius 1 is 1.22 bits per heavy atom. The predicted molar refractivity (Wildman–Crippen MR) is 171 cm³/mol. The highest BCUT2D eigenvalue weighted by molar-refractivity contribution is 7.87. The maximum atomic E-state index is 13.4. The van der Waals surface area contributed by atoms with Crippen LogP contribution in [0.5, 0.6) is 5.75 Å². The molecule has 0 radical (unpaired) electrons. The summed E-state index contributed by atoms with van der Waals surface area (Å²) >= 11 is 6.40. The summed E-state index contributed by atoms with van der Waals surface area (Å²) in [5.74, 6) is -0.790. The number of carbonyl (C=O) groups is 2. The van der Waals surface area contributed by atoms with Crippen molar-refractivity contribution in [3.8, 4) is 5.75 Å². The number of rotatable bonds is 4. The standard InChI is InChI=1S/C33H40ClN3O7S/c1-2-37-15-4-3-7-29(43-19-31(38)39)26-11-8-24(26)18-36-20-33(14-5-6-22-16-25(34)10-12-27(22)33)21-44-30-13-9-23(17-28(30)36)32(40)35-45(37,41)42/h3,7,9-10,12-13,16-17,24,26,29H,2,4-6,8,11,14-15,18-21H2,1H3,(H,35,40)(H,38,39)/b7-3+/t24-,26+,29-,33-/m0/s1. The molecule has 2 bridgehead atoms. The summed E-state index contributed by atoms with van der Waals surface area (Å²) in [6.45, 7) is 3.40. The highest BCUT2D eigenvalue weighted by Crippen LogP contribution is 2.47. The van der Waals surface area contributed by atoms with E-state index in [1.54, 1.807) is 25.1 Å². The van der Waals surface area contributed by atoms with Gasteiger partial charge in [-0.15, -0.1) is 0 Å². The summed E-state index contributed by atoms with van der Waals surface area (Å²) in [5.41, 5.74) is 3.09. The fourth-order valence-corrected chi connectivity index (χ4v) is 8.78. The van der Waals surface area contributed by atoms with E-state index in [1.807, 2.05) is 24.3 Å². The van der Waals surface area contributed by atoms with Crippen LogP contribution in [0.3, 0.4) is 0 Å². The second-order valence-corrected chi connectivity index (χ2v) is 14.7. The van der Waals surface area contributed by atoms with Crippen LogP contribution in [0, 0.1) is 11.8 Å². The van der Waals surface area contributed by atoms with E-state index < -0.39 is 34.8 Å². The van der Waals surface area contributed by atoms with Crippen LogP contribution in [-0.4, -0.2) is 75.2 Å². The summed E-state index contributed by atoms with van der Waals surface area (Å²) in [5, 5.41) is 10.1. The number of nitrogens with zero attached hydrogens (tertiary/aromatic N) is 2. The zero-order valence-corrected chi connectivity index (χ0v) is 27.0. The number of aryl methyl sites for hydroxylation is 1. The second kappa shape index (κ2) is 12.9. The number of aliphatic carboxylic acids is 1. The molecular formula is C33H40ClN3O7S. The number of carboxylic acid groups (broad SMARTS) is 1. The molecule has 6 rings (SSSR count). The quantitative estimate of drug-likeness (QED) is 0.459. The number of carbonyl (C=O) groups excluding carboxylic acids is 1. The first-order valence-corrected chi connectivity index (χ1v) is 17.5. The summed E-state index contributed by atoms with van der Waals surface area (Å²) in [7, 11) is -4.11. The number of anilines is 1. The Labute approximate surface area is 269 Å². The summed E-state index contributed by atoms with van der Waals surface area (Å²) in [6.07, 6.45) is 8.41. The average Bonchev–Trinajstić information content (AvgIpc) is 3.13. The number of amides is 1. The molecule has 10 nitrogen and oxygen atoms in total. The molecule has 2 N–H and O–H groups in total. The van der Waals surface area contributed by atoms with Gasteiger partial charge in [-0.25, -0.2) is 9.52 Å². The molecule has 242 valence electrons. The van der Waals surface area contributed by atoms with Gasteiger partial charge in [0.1, 0.15) is 12.4 Å². The number of halogens is 1. The van der Waals surface area contributed by atoms with Gasteiger partial charge in [0.25, 0.3) is 5.91 Å². The third-order valence-corrected chi connectivity index (χ3v) is 11.6. The van der Waals surface area contributed by atoms with Crippen LogP contribution in [0.15, 0.2) is 48.6 Å². The van der Waals surface area contributed by atoms with Gasteiger partial charge in [0.15, 0.2) is 0 Å². The SMILES string of the molecule is CCN1CC/C=C/[C@H](OCC(=O)O)[C@@H]2CC[C@H]2CN2C[C@@]3(CCCc4cc(Cl)ccc43)COc3ccc(cc32)C(=O)NS1(=O)=O. The molecule has 1 fully saturated rings. The molecule has 0 aromatic heterocycles. The van der Waals surface area contributed by atoms with Gasteiger partial charge in [-0.05, 0) is 91.8 Å². The Morgan fingerprint density at radius 2 is 2.07 bits per heavy atom. The van der Waals surface area contributed by atoms with E-state index in [-0.39, 0.29) is 35.9 Å². The summed E-state index contributed by atoms with van der Waals surface area (Å²) < 4.78 is 42.3. The lowest BCUT2D eigenvalue weighted by atomic mass is 9.68. The Kier molecular flexibility index (Phi) is 9.16. The molecule has 1 spiro atoms. The van der Waals surface area contributed by atoms with Crippen LogP contribution < -0.4 is 14.4 Å². The van der Waals surface area contributed by atoms with E-state index in [4.69, 9.17) is 21.1 Å². The van der Waals surface area contributed by atoms with Crippen molar-refractivity contribution in [2.24, 2.45) is 11.8 Å². The van der Waals surface area contributed by atoms with E-state index in [2.05, 4.69) is 15.7 Å². The molecule has 4 atom stereocenters. The van der Waals surface area contributed by atoms with E-state index >= 15 is 0 Å². The molecule has 2 aromatic carbocycles. The third kappa shape index (κ3) is 6.58. The minimum absolute atomic E-state index is 0.0898. The van der Waals surface area contributed by atoms with Gasteiger partial charge >= 0.3 is 16.2 Å². The molecule has 45 heavy (non-hydrogen) atoms. The maximum absolute atomic E-state index is 13.4. The van der Waals surface area contributed by atoms with Crippen molar-refractivity contribution in [3.63, 3.8) is 0 Å². The molecule has 12 heteroatoms. The van der Waals surface area contributed by atoms with E-state index in [0.29, 0.717) is 36.9 Å². The normalized spacial score (nSPS) is 28.9. The molecule has 1 saturated carbocycles. The minimum atomic E-state index is -4.11. The van der Waals surface area contributed by atoms with Crippen LogP contribution in [0.4, 0.5) is 5.69 Å². The lowest BCUT2D eigenvalue weighted by molar-refractivity contribution is -0.145. The lowest BCUT2D eigenvalue weighted by Gasteiger charge is -2.46. The first-order valence-electron chi connectivity index (χ1n) is 15.7. The highest BCUT2D eigenvalue weighted by atomic mass is 35.5. The Bertz CT molecular complexity index is 1600. The van der Waals surface area contributed by atoms with Crippen LogP contribution in [0.25, 0.3) is 0 Å². The minimum Gasteiger partial charge on any atom is -0.490 e. The lowest BCUT2D eigenvalue weighted by Crippen LogP contribution is -2.50. The van der Waals surface area contributed by atoms with Crippen LogP contribution in [0.1, 0.15) is 60.5 Å². The fraction of sp³-hybridized carbons (Fsp3) is 0.515. The van der Waals surface area contributed by atoms with Gasteiger partial charge in [0.05, 0.1) is 18.4 Å². The first kappa shape index (κ1) is 31.8. The smallest absolute Gasteiger partial charge is 0.329 e. The molecule has 0 unspecified atom stereocenters. The number of fused-ring (bicyclic) bond motifs is 4. The number of hydrogen-bond acceptors (Lipinski definition) is 7. The van der Waals surface area contributed by atoms with E-state index in [9.17, 15) is 23.1 Å². The van der Waals surface area contributed by atoms with Crippen LogP contribution in [-0.2, 0) is 31.6 Å². The number of hydrogen-bond donors (Lipinski definition) is 2. The van der Waals surface area contributed by atoms with Crippen molar-refractivity contribution >= 4 is 39.4 Å². The largest absolute Gasteiger partial charge is 0.490 e. The maximum Gasteiger partial charge on any atom is 0.329 e. The van der Waals surface area contributed by atoms with Gasteiger partial charge in [-0.2, -0.15) is 12.7 Å². The molecule has 2 aliphatic carbocycles. The summed E-state index contributed by atoms with van der Waals surface area (Å²) in [6, 6.07) is 11.2. The van der Waals surface area contributed by atoms with Crippen molar-refractivity contribution < 1.29 is 32.6 Å². The van der Waals surface area contributed by atoms with Gasteiger partial charge in [-0.1, -0.05) is 36.7 Å². The molecule has 2 aromatic rings. The average molecular weight is 658 g/mol. The number of benzene rings is 2. The zero-order valence-electron chi connectivity index (χ0n) is 25.4. The Hall–Kier alpha value is -3.12. The Balaban J connectivity index is 1.42. The zero-order chi connectivity index (χ0) is 31.8. The third-order valence-electron chi connectivity index (χ3n) is 9.84. The van der Waals surface area contributed by atoms with Gasteiger partial charge < -0.3 is 19.5 Å². The molecule has 1 amide bonds. The van der Waals surface area contributed by atoms with Gasteiger partial charge in [-0.3, -0.25) is 4.79 Å². The van der Waals surface area contributed by atoms with Crippen molar-refractivity contribution in [2.75, 3.05) is 44.3 Å². The number of nitrogens with one attached hydrogen (secondary N) is 1. The fourth-order valence-electron chi connectivity index (χ4n) is 7.42. The first-order chi connectivity index (χ1) is 21.6. The molecule has 2 aliphatic heterocycles. The molecular weight excluding hydrogens is 618 g/mol. The second-order valence-electron chi connectivity index (χ2n) is 12.6. The predicted octanol–water partition coefficient (Wildman–Crippen LogP) is 4.57. The molecule has 2 heterocycles. The van der Waals surface area contributed by atoms with Gasteiger partial charge in [0, 0.05) is 42.2 Å². The number of ether oxygens (including phenoxy) is 2. The number of carboxylic acids is 1. The monoisotopic (exact) mass is 657 g/mol. The highest BCUT2D eigenvalue weighted by Gasteiger charge is 2.44. The van der Waals surface area contributed by atoms with Crippen LogP contribution >= 0.6 is 11.6 Å². The van der Waals surface area contributed by atoms with Gasteiger partial charge in [0.2, 0.25) is 0 Å². The van der Waals surface area contributed by atoms with Crippen LogP contribution in [0.2, 0.25) is 5.02 Å². The molecule has 0 saturated heterocycles. The van der Waals surface area contributed by atoms with Crippen molar-refractivity contribution in [2.45, 2.75) is 57.0 Å². The molecule has 4 aliphatic rings. The van der Waals surface area contributed by atoms with E-state index in [0.717, 1.165) is 37.8 Å². The van der Waals surface area contributed by atoms with E-state index in [1.165, 1.54) is 15.4 Å². The van der Waals surface area contributed by atoms with Crippen molar-refractivity contribution in [1.29, 1.82) is 0 Å². The Morgan fingerprint density at radius 3 is 2.82 bits per heavy atom. The summed E-state index contributed by atoms with van der Waals surface area (Å²) in [4.78, 5) is 27.1.